The molecule has 0 unspecified atom stereocenters. The van der Waals surface area contributed by atoms with Gasteiger partial charge in [0.1, 0.15) is 0 Å². The van der Waals surface area contributed by atoms with E-state index in [-0.39, 0.29) is 0 Å². The molecule has 0 amide bonds. The molecule has 6 heteroatoms. The van der Waals surface area contributed by atoms with Gasteiger partial charge in [-0.15, -0.1) is 0 Å². The fourth-order valence-electron chi connectivity index (χ4n) is 6.76. The monoisotopic (exact) mass is 698 g/mol. The number of hydrogen-bond donors (Lipinski definition) is 0. The van der Waals surface area contributed by atoms with Crippen molar-refractivity contribution in [3.05, 3.63) is 169 Å². The molecule has 0 radical (unpaired) electrons. The minimum atomic E-state index is -3.57. The summed E-state index contributed by atoms with van der Waals surface area (Å²) in [7, 11) is -3.76. The first-order valence-corrected chi connectivity index (χ1v) is 20.2. The standard InChI is InChI=1S/C44H44O4P2/c1-43(2,47-5)37-29-19-31-39(49(45,33-21-11-7-12-22-33)34-23-13-8-14-24-34)41(37)42-38(44(3,4)48-6)30-20-32-40(42)50(46,35-25-15-9-16-26-35)36-27-17-10-18-28-36/h7-32H,1-6H3. The maximum atomic E-state index is 16.4. The van der Waals surface area contributed by atoms with Crippen molar-refractivity contribution in [1.82, 2.24) is 0 Å². The van der Waals surface area contributed by atoms with E-state index in [1.807, 2.05) is 185 Å². The molecular weight excluding hydrogens is 654 g/mol. The van der Waals surface area contributed by atoms with Crippen LogP contribution in [0.25, 0.3) is 11.1 Å². The number of hydrogen-bond acceptors (Lipinski definition) is 4. The van der Waals surface area contributed by atoms with Crippen LogP contribution < -0.4 is 31.8 Å². The quantitative estimate of drug-likeness (QED) is 0.128. The van der Waals surface area contributed by atoms with Crippen LogP contribution in [0.1, 0.15) is 38.8 Å². The zero-order chi connectivity index (χ0) is 35.6. The van der Waals surface area contributed by atoms with Gasteiger partial charge in [0, 0.05) is 57.2 Å². The van der Waals surface area contributed by atoms with Crippen LogP contribution in [-0.4, -0.2) is 14.2 Å². The van der Waals surface area contributed by atoms with Gasteiger partial charge in [0.05, 0.1) is 11.2 Å². The van der Waals surface area contributed by atoms with Gasteiger partial charge in [-0.25, -0.2) is 0 Å². The molecule has 0 aliphatic rings. The van der Waals surface area contributed by atoms with Crippen molar-refractivity contribution in [3.63, 3.8) is 0 Å². The summed E-state index contributed by atoms with van der Waals surface area (Å²) in [6, 6.07) is 50.7. The Hall–Kier alpha value is -4.30. The summed E-state index contributed by atoms with van der Waals surface area (Å²) in [5.41, 5.74) is 1.48. The van der Waals surface area contributed by atoms with E-state index >= 15 is 9.13 Å². The molecule has 4 nitrogen and oxygen atoms in total. The molecule has 0 fully saturated rings. The van der Waals surface area contributed by atoms with Crippen LogP contribution in [-0.2, 0) is 29.8 Å². The maximum absolute atomic E-state index is 16.4. The average Bonchev–Trinajstić information content (AvgIpc) is 3.18. The molecule has 6 aromatic carbocycles. The van der Waals surface area contributed by atoms with Gasteiger partial charge >= 0.3 is 0 Å². The predicted octanol–water partition coefficient (Wildman–Crippen LogP) is 8.40. The lowest BCUT2D eigenvalue weighted by Crippen LogP contribution is -2.34. The van der Waals surface area contributed by atoms with Gasteiger partial charge in [0.15, 0.2) is 14.3 Å². The first-order valence-electron chi connectivity index (χ1n) is 16.8. The Morgan fingerprint density at radius 1 is 0.380 bits per heavy atom. The van der Waals surface area contributed by atoms with Crippen molar-refractivity contribution in [1.29, 1.82) is 0 Å². The lowest BCUT2D eigenvalue weighted by atomic mass is 9.83. The van der Waals surface area contributed by atoms with E-state index in [1.54, 1.807) is 14.2 Å². The number of ether oxygens (including phenoxy) is 2. The highest BCUT2D eigenvalue weighted by Crippen LogP contribution is 2.52. The minimum Gasteiger partial charge on any atom is -0.374 e. The van der Waals surface area contributed by atoms with E-state index in [2.05, 4.69) is 0 Å². The van der Waals surface area contributed by atoms with E-state index in [0.717, 1.165) is 22.3 Å². The van der Waals surface area contributed by atoms with Crippen LogP contribution in [0, 0.1) is 0 Å². The molecule has 0 bridgehead atoms. The molecule has 0 saturated carbocycles. The van der Waals surface area contributed by atoms with Crippen LogP contribution in [0.3, 0.4) is 0 Å². The highest BCUT2D eigenvalue weighted by Gasteiger charge is 2.41. The van der Waals surface area contributed by atoms with Gasteiger partial charge in [0.25, 0.3) is 0 Å². The molecule has 6 aromatic rings. The van der Waals surface area contributed by atoms with E-state index in [0.29, 0.717) is 31.8 Å². The lowest BCUT2D eigenvalue weighted by Gasteiger charge is -2.35. The normalized spacial score (nSPS) is 12.5. The number of methoxy groups -OCH3 is 2. The Morgan fingerprint density at radius 2 is 0.640 bits per heavy atom. The minimum absolute atomic E-state index is 0.644. The van der Waals surface area contributed by atoms with Gasteiger partial charge in [-0.2, -0.15) is 0 Å². The summed E-state index contributed by atoms with van der Waals surface area (Å²) >= 11 is 0. The fourth-order valence-corrected chi connectivity index (χ4v) is 12.5. The zero-order valence-electron chi connectivity index (χ0n) is 29.5. The van der Waals surface area contributed by atoms with Crippen molar-refractivity contribution in [2.75, 3.05) is 14.2 Å². The molecule has 0 aromatic heterocycles. The summed E-state index contributed by atoms with van der Waals surface area (Å²) in [5, 5.41) is 4.12. The second kappa shape index (κ2) is 14.1. The molecular formula is C44H44O4P2. The molecule has 0 N–H and O–H groups in total. The SMILES string of the molecule is COC(C)(C)c1cccc(P(=O)(c2ccccc2)c2ccccc2)c1-c1c(C(C)(C)OC)cccc1P(=O)(c1ccccc1)c1ccccc1. The topological polar surface area (TPSA) is 52.6 Å². The molecule has 0 heterocycles. The first-order chi connectivity index (χ1) is 24.0. The van der Waals surface area contributed by atoms with Gasteiger partial charge < -0.3 is 18.6 Å². The Kier molecular flexibility index (Phi) is 10.0. The second-order valence-corrected chi connectivity index (χ2v) is 18.9. The Morgan fingerprint density at radius 3 is 0.880 bits per heavy atom. The largest absolute Gasteiger partial charge is 0.374 e. The van der Waals surface area contributed by atoms with Crippen molar-refractivity contribution < 1.29 is 18.6 Å². The molecule has 50 heavy (non-hydrogen) atoms. The van der Waals surface area contributed by atoms with Gasteiger partial charge in [-0.1, -0.05) is 158 Å². The molecule has 0 aliphatic heterocycles. The Labute approximate surface area is 296 Å². The lowest BCUT2D eigenvalue weighted by molar-refractivity contribution is 0.0181. The molecule has 0 saturated heterocycles. The third-order valence-corrected chi connectivity index (χ3v) is 16.0. The third kappa shape index (κ3) is 6.16. The van der Waals surface area contributed by atoms with Crippen molar-refractivity contribution in [2.24, 2.45) is 0 Å². The van der Waals surface area contributed by atoms with Crippen molar-refractivity contribution in [2.45, 2.75) is 38.9 Å². The molecule has 0 atom stereocenters. The van der Waals surface area contributed by atoms with Crippen LogP contribution >= 0.6 is 14.3 Å². The molecule has 6 rings (SSSR count). The van der Waals surface area contributed by atoms with E-state index in [9.17, 15) is 0 Å². The van der Waals surface area contributed by atoms with Crippen molar-refractivity contribution >= 4 is 46.1 Å². The predicted molar refractivity (Wildman–Crippen MR) is 211 cm³/mol. The van der Waals surface area contributed by atoms with Crippen LogP contribution in [0.4, 0.5) is 0 Å². The van der Waals surface area contributed by atoms with Crippen molar-refractivity contribution in [3.8, 4) is 11.1 Å². The molecule has 254 valence electrons. The Bertz CT molecular complexity index is 1930. The first kappa shape index (κ1) is 35.5. The summed E-state index contributed by atoms with van der Waals surface area (Å²) in [6.07, 6.45) is 0. The summed E-state index contributed by atoms with van der Waals surface area (Å²) in [4.78, 5) is 0. The fraction of sp³-hybridized carbons (Fsp3) is 0.182. The molecule has 0 spiro atoms. The van der Waals surface area contributed by atoms with Gasteiger partial charge in [0.2, 0.25) is 0 Å². The smallest absolute Gasteiger partial charge is 0.171 e. The number of benzene rings is 6. The van der Waals surface area contributed by atoms with E-state index in [1.165, 1.54) is 0 Å². The summed E-state index contributed by atoms with van der Waals surface area (Å²) < 4.78 is 45.2. The Balaban J connectivity index is 1.88. The van der Waals surface area contributed by atoms with E-state index in [4.69, 9.17) is 9.47 Å². The maximum Gasteiger partial charge on any atom is 0.171 e. The highest BCUT2D eigenvalue weighted by atomic mass is 31.2. The van der Waals surface area contributed by atoms with Gasteiger partial charge in [-0.3, -0.25) is 0 Å². The third-order valence-electron chi connectivity index (χ3n) is 9.81. The highest BCUT2D eigenvalue weighted by molar-refractivity contribution is 7.86. The van der Waals surface area contributed by atoms with E-state index < -0.39 is 25.5 Å². The van der Waals surface area contributed by atoms with Crippen LogP contribution in [0.2, 0.25) is 0 Å². The van der Waals surface area contributed by atoms with Gasteiger partial charge in [-0.05, 0) is 38.8 Å². The van der Waals surface area contributed by atoms with Crippen LogP contribution in [0.15, 0.2) is 158 Å². The summed E-state index contributed by atoms with van der Waals surface area (Å²) in [5.74, 6) is 0. The summed E-state index contributed by atoms with van der Waals surface area (Å²) in [6.45, 7) is 8.07. The zero-order valence-corrected chi connectivity index (χ0v) is 31.3. The number of rotatable bonds is 11. The van der Waals surface area contributed by atoms with Crippen LogP contribution in [0.5, 0.6) is 0 Å². The average molecular weight is 699 g/mol. The second-order valence-electron chi connectivity index (χ2n) is 13.4. The molecule has 0 aliphatic carbocycles.